The van der Waals surface area contributed by atoms with Crippen molar-refractivity contribution >= 4 is 63.9 Å². The largest absolute Gasteiger partial charge is 0.450 e. The molecule has 4 rings (SSSR count). The zero-order valence-corrected chi connectivity index (χ0v) is 18.3. The predicted molar refractivity (Wildman–Crippen MR) is 122 cm³/mol. The van der Waals surface area contributed by atoms with Crippen molar-refractivity contribution in [3.63, 3.8) is 0 Å². The molecule has 0 bridgehead atoms. The van der Waals surface area contributed by atoms with E-state index in [2.05, 4.69) is 5.32 Å². The van der Waals surface area contributed by atoms with Crippen LogP contribution in [0.3, 0.4) is 0 Å². The van der Waals surface area contributed by atoms with E-state index >= 15 is 0 Å². The molecule has 3 aromatic rings. The minimum absolute atomic E-state index is 0.200. The summed E-state index contributed by atoms with van der Waals surface area (Å²) in [4.78, 5) is 39.3. The van der Waals surface area contributed by atoms with E-state index in [0.29, 0.717) is 21.6 Å². The van der Waals surface area contributed by atoms with Crippen LogP contribution >= 0.6 is 35.1 Å². The molecule has 0 radical (unpaired) electrons. The molecule has 9 heteroatoms. The van der Waals surface area contributed by atoms with Gasteiger partial charge in [0.05, 0.1) is 4.91 Å². The number of benzene rings is 2. The molecule has 2 aromatic carbocycles. The fourth-order valence-electron chi connectivity index (χ4n) is 2.75. The molecular formula is C22H15ClN2O4S2. The van der Waals surface area contributed by atoms with Crippen LogP contribution in [0, 0.1) is 0 Å². The van der Waals surface area contributed by atoms with Crippen molar-refractivity contribution in [3.8, 4) is 0 Å². The number of hydrogen-bond acceptors (Lipinski definition) is 6. The van der Waals surface area contributed by atoms with E-state index in [1.165, 1.54) is 17.8 Å². The Bertz CT molecular complexity index is 1180. The van der Waals surface area contributed by atoms with E-state index in [4.69, 9.17) is 16.0 Å². The maximum Gasteiger partial charge on any atom is 0.294 e. The number of amides is 3. The Kier molecular flexibility index (Phi) is 6.50. The Hall–Kier alpha value is -2.94. The number of thioether (sulfide) groups is 1. The highest BCUT2D eigenvalue weighted by molar-refractivity contribution is 8.18. The summed E-state index contributed by atoms with van der Waals surface area (Å²) in [7, 11) is 0. The first-order chi connectivity index (χ1) is 15.0. The van der Waals surface area contributed by atoms with Crippen molar-refractivity contribution in [3.05, 3.63) is 82.4 Å². The molecule has 0 aliphatic carbocycles. The van der Waals surface area contributed by atoms with Crippen LogP contribution in [-0.2, 0) is 9.59 Å². The first-order valence-corrected chi connectivity index (χ1v) is 11.1. The molecule has 1 aromatic heterocycles. The maximum atomic E-state index is 12.6. The van der Waals surface area contributed by atoms with Crippen LogP contribution in [0.5, 0.6) is 0 Å². The van der Waals surface area contributed by atoms with Crippen molar-refractivity contribution < 1.29 is 18.8 Å². The normalized spacial score (nSPS) is 15.0. The first kappa shape index (κ1) is 21.3. The fraction of sp³-hybridized carbons (Fsp3) is 0.0455. The van der Waals surface area contributed by atoms with Gasteiger partial charge < -0.3 is 9.73 Å². The molecule has 6 nitrogen and oxygen atoms in total. The summed E-state index contributed by atoms with van der Waals surface area (Å²) in [6.45, 7) is -0.387. The summed E-state index contributed by atoms with van der Waals surface area (Å²) in [5, 5.41) is 3.24. The molecule has 1 N–H and O–H groups in total. The Morgan fingerprint density at radius 3 is 2.68 bits per heavy atom. The molecule has 156 valence electrons. The molecular weight excluding hydrogens is 456 g/mol. The van der Waals surface area contributed by atoms with Gasteiger partial charge in [0, 0.05) is 21.7 Å². The molecule has 1 saturated heterocycles. The van der Waals surface area contributed by atoms with E-state index in [1.54, 1.807) is 36.4 Å². The van der Waals surface area contributed by atoms with Crippen molar-refractivity contribution in [2.75, 3.05) is 11.9 Å². The van der Waals surface area contributed by atoms with Crippen LogP contribution in [-0.4, -0.2) is 28.5 Å². The third kappa shape index (κ3) is 5.41. The lowest BCUT2D eigenvalue weighted by Crippen LogP contribution is -2.36. The van der Waals surface area contributed by atoms with Crippen LogP contribution in [0.25, 0.3) is 6.08 Å². The molecule has 0 unspecified atom stereocenters. The highest BCUT2D eigenvalue weighted by Gasteiger charge is 2.36. The second-order valence-electron chi connectivity index (χ2n) is 6.40. The number of anilines is 1. The molecule has 0 atom stereocenters. The second kappa shape index (κ2) is 9.47. The Morgan fingerprint density at radius 2 is 1.90 bits per heavy atom. The standard InChI is InChI=1S/C22H15ClN2O4S2/c23-14-5-4-6-15(11-14)24-19(26)13-25-21(27)18(31-22(25)28)12-16-9-10-20(29-16)30-17-7-2-1-3-8-17/h1-12H,13H2,(H,24,26)/b18-12-. The third-order valence-electron chi connectivity index (χ3n) is 4.12. The van der Waals surface area contributed by atoms with E-state index < -0.39 is 17.1 Å². The number of furan rings is 1. The molecule has 2 heterocycles. The predicted octanol–water partition coefficient (Wildman–Crippen LogP) is 5.76. The van der Waals surface area contributed by atoms with Crippen LogP contribution in [0.1, 0.15) is 5.76 Å². The topological polar surface area (TPSA) is 79.6 Å². The summed E-state index contributed by atoms with van der Waals surface area (Å²) in [6.07, 6.45) is 1.51. The van der Waals surface area contributed by atoms with Crippen molar-refractivity contribution in [2.24, 2.45) is 0 Å². The monoisotopic (exact) mass is 470 g/mol. The van der Waals surface area contributed by atoms with Crippen LogP contribution in [0.15, 0.2) is 86.0 Å². The van der Waals surface area contributed by atoms with Gasteiger partial charge >= 0.3 is 0 Å². The Labute approximate surface area is 191 Å². The number of hydrogen-bond donors (Lipinski definition) is 1. The quantitative estimate of drug-likeness (QED) is 0.461. The lowest BCUT2D eigenvalue weighted by Gasteiger charge is -2.12. The minimum Gasteiger partial charge on any atom is -0.450 e. The summed E-state index contributed by atoms with van der Waals surface area (Å²) >= 11 is 8.12. The molecule has 1 aliphatic heterocycles. The number of carbonyl (C=O) groups excluding carboxylic acids is 3. The van der Waals surface area contributed by atoms with E-state index in [1.807, 2.05) is 30.3 Å². The summed E-state index contributed by atoms with van der Waals surface area (Å²) < 4.78 is 5.74. The number of rotatable bonds is 6. The molecule has 1 fully saturated rings. The highest BCUT2D eigenvalue weighted by Crippen LogP contribution is 2.34. The van der Waals surface area contributed by atoms with Crippen LogP contribution in [0.2, 0.25) is 5.02 Å². The van der Waals surface area contributed by atoms with Gasteiger partial charge in [-0.25, -0.2) is 0 Å². The lowest BCUT2D eigenvalue weighted by atomic mass is 10.3. The maximum absolute atomic E-state index is 12.6. The average Bonchev–Trinajstić information content (AvgIpc) is 3.28. The van der Waals surface area contributed by atoms with Crippen molar-refractivity contribution in [1.82, 2.24) is 4.90 Å². The third-order valence-corrected chi connectivity index (χ3v) is 6.19. The van der Waals surface area contributed by atoms with E-state index in [9.17, 15) is 14.4 Å². The van der Waals surface area contributed by atoms with Gasteiger partial charge in [0.2, 0.25) is 5.91 Å². The first-order valence-electron chi connectivity index (χ1n) is 9.11. The number of halogens is 1. The number of carbonyl (C=O) groups is 3. The molecule has 0 spiro atoms. The number of nitrogens with one attached hydrogen (secondary N) is 1. The second-order valence-corrected chi connectivity index (χ2v) is 8.91. The van der Waals surface area contributed by atoms with Gasteiger partial charge in [-0.1, -0.05) is 47.6 Å². The van der Waals surface area contributed by atoms with Crippen LogP contribution < -0.4 is 5.32 Å². The summed E-state index contributed by atoms with van der Waals surface area (Å²) in [6, 6.07) is 19.9. The zero-order valence-electron chi connectivity index (χ0n) is 15.9. The summed E-state index contributed by atoms with van der Waals surface area (Å²) in [5.74, 6) is -0.581. The molecule has 0 saturated carbocycles. The van der Waals surface area contributed by atoms with Gasteiger partial charge in [-0.05, 0) is 54.2 Å². The van der Waals surface area contributed by atoms with E-state index in [-0.39, 0.29) is 11.4 Å². The molecule has 3 amide bonds. The Morgan fingerprint density at radius 1 is 1.10 bits per heavy atom. The molecule has 31 heavy (non-hydrogen) atoms. The van der Waals surface area contributed by atoms with Gasteiger partial charge in [-0.2, -0.15) is 0 Å². The minimum atomic E-state index is -0.537. The fourth-order valence-corrected chi connectivity index (χ4v) is 4.56. The average molecular weight is 471 g/mol. The van der Waals surface area contributed by atoms with Crippen molar-refractivity contribution in [1.29, 1.82) is 0 Å². The molecule has 1 aliphatic rings. The van der Waals surface area contributed by atoms with Gasteiger partial charge in [-0.3, -0.25) is 19.3 Å². The summed E-state index contributed by atoms with van der Waals surface area (Å²) in [5.41, 5.74) is 0.485. The van der Waals surface area contributed by atoms with Gasteiger partial charge in [0.25, 0.3) is 11.1 Å². The van der Waals surface area contributed by atoms with Gasteiger partial charge in [-0.15, -0.1) is 0 Å². The zero-order chi connectivity index (χ0) is 21.8. The SMILES string of the molecule is O=C(CN1C(=O)S/C(=C\c2ccc(Sc3ccccc3)o2)C1=O)Nc1cccc(Cl)c1. The Balaban J connectivity index is 1.41. The smallest absolute Gasteiger partial charge is 0.294 e. The number of imide groups is 1. The van der Waals surface area contributed by atoms with Crippen molar-refractivity contribution in [2.45, 2.75) is 9.99 Å². The van der Waals surface area contributed by atoms with Gasteiger partial charge in [0.1, 0.15) is 12.3 Å². The number of nitrogens with zero attached hydrogens (tertiary/aromatic N) is 1. The van der Waals surface area contributed by atoms with Crippen LogP contribution in [0.4, 0.5) is 10.5 Å². The van der Waals surface area contributed by atoms with E-state index in [0.717, 1.165) is 21.6 Å². The highest BCUT2D eigenvalue weighted by atomic mass is 35.5. The van der Waals surface area contributed by atoms with Gasteiger partial charge in [0.15, 0.2) is 5.09 Å². The lowest BCUT2D eigenvalue weighted by molar-refractivity contribution is -0.127.